The molecule has 5 heteroatoms. The number of nitrogens with zero attached hydrogens (tertiary/aromatic N) is 4. The topological polar surface area (TPSA) is 63.1 Å². The third-order valence-electron chi connectivity index (χ3n) is 2.80. The molecule has 0 spiro atoms. The predicted molar refractivity (Wildman–Crippen MR) is 62.7 cm³/mol. The summed E-state index contributed by atoms with van der Waals surface area (Å²) >= 11 is 0. The molecule has 2 aromatic heterocycles. The molecule has 0 unspecified atom stereocenters. The summed E-state index contributed by atoms with van der Waals surface area (Å²) in [7, 11) is 1.82. The highest BCUT2D eigenvalue weighted by Crippen LogP contribution is 2.16. The monoisotopic (exact) mass is 224 g/mol. The van der Waals surface area contributed by atoms with Gasteiger partial charge in [0.15, 0.2) is 0 Å². The molecule has 0 bridgehead atoms. The van der Waals surface area contributed by atoms with Crippen LogP contribution in [0.1, 0.15) is 5.69 Å². The van der Waals surface area contributed by atoms with E-state index < -0.39 is 0 Å². The summed E-state index contributed by atoms with van der Waals surface area (Å²) in [6.45, 7) is 0. The highest BCUT2D eigenvalue weighted by molar-refractivity contribution is 5.80. The van der Waals surface area contributed by atoms with E-state index in [0.717, 1.165) is 11.0 Å². The summed E-state index contributed by atoms with van der Waals surface area (Å²) in [5, 5.41) is 8.82. The van der Waals surface area contributed by atoms with E-state index in [1.807, 2.05) is 37.4 Å². The molecule has 17 heavy (non-hydrogen) atoms. The van der Waals surface area contributed by atoms with Crippen LogP contribution in [0, 0.1) is 11.3 Å². The van der Waals surface area contributed by atoms with Crippen molar-refractivity contribution in [1.29, 1.82) is 5.26 Å². The Labute approximate surface area is 96.2 Å². The second-order valence-electron chi connectivity index (χ2n) is 3.77. The first-order valence-corrected chi connectivity index (χ1v) is 5.09. The average molecular weight is 224 g/mol. The van der Waals surface area contributed by atoms with E-state index in [9.17, 15) is 4.79 Å². The summed E-state index contributed by atoms with van der Waals surface area (Å²) in [4.78, 5) is 16.1. The molecule has 2 heterocycles. The summed E-state index contributed by atoms with van der Waals surface area (Å²) in [5.41, 5.74) is 1.61. The summed E-state index contributed by atoms with van der Waals surface area (Å²) in [5.74, 6) is 0.482. The molecule has 0 amide bonds. The quantitative estimate of drug-likeness (QED) is 0.573. The number of hydrogen-bond donors (Lipinski definition) is 0. The normalized spacial score (nSPS) is 10.8. The second kappa shape index (κ2) is 3.19. The molecular weight excluding hydrogens is 216 g/mol. The van der Waals surface area contributed by atoms with Gasteiger partial charge >= 0.3 is 0 Å². The van der Waals surface area contributed by atoms with Crippen molar-refractivity contribution >= 4 is 16.8 Å². The largest absolute Gasteiger partial charge is 0.313 e. The third-order valence-corrected chi connectivity index (χ3v) is 2.80. The molecule has 0 fully saturated rings. The van der Waals surface area contributed by atoms with Crippen LogP contribution in [0.2, 0.25) is 0 Å². The molecule has 0 saturated heterocycles. The van der Waals surface area contributed by atoms with E-state index >= 15 is 0 Å². The number of nitriles is 1. The first-order chi connectivity index (χ1) is 8.22. The Kier molecular flexibility index (Phi) is 1.80. The molecule has 3 aromatic rings. The number of fused-ring (bicyclic) bond motifs is 3. The lowest BCUT2D eigenvalue weighted by molar-refractivity contribution is 0.932. The van der Waals surface area contributed by atoms with E-state index in [-0.39, 0.29) is 11.3 Å². The van der Waals surface area contributed by atoms with Crippen molar-refractivity contribution in [3.63, 3.8) is 0 Å². The number of aromatic nitrogens is 3. The molecule has 0 radical (unpaired) electrons. The van der Waals surface area contributed by atoms with Gasteiger partial charge in [-0.15, -0.1) is 0 Å². The van der Waals surface area contributed by atoms with Gasteiger partial charge in [0.2, 0.25) is 5.78 Å². The Hall–Kier alpha value is -2.61. The predicted octanol–water partition coefficient (Wildman–Crippen LogP) is 1.06. The fraction of sp³-hybridized carbons (Fsp3) is 0.0833. The Bertz CT molecular complexity index is 835. The van der Waals surface area contributed by atoms with Crippen LogP contribution in [0.3, 0.4) is 0 Å². The molecule has 0 saturated carbocycles. The number of hydrogen-bond acceptors (Lipinski definition) is 3. The maximum absolute atomic E-state index is 11.9. The molecular formula is C12H8N4O. The Balaban J connectivity index is 2.68. The van der Waals surface area contributed by atoms with Crippen LogP contribution < -0.4 is 5.56 Å². The zero-order chi connectivity index (χ0) is 12.0. The van der Waals surface area contributed by atoms with Gasteiger partial charge < -0.3 is 4.57 Å². The molecule has 0 aliphatic heterocycles. The van der Waals surface area contributed by atoms with Crippen molar-refractivity contribution in [3.05, 3.63) is 46.4 Å². The van der Waals surface area contributed by atoms with E-state index in [0.29, 0.717) is 5.78 Å². The van der Waals surface area contributed by atoms with Crippen LogP contribution in [0.5, 0.6) is 0 Å². The van der Waals surface area contributed by atoms with Gasteiger partial charge in [0.25, 0.3) is 5.56 Å². The van der Waals surface area contributed by atoms with Crippen molar-refractivity contribution in [2.24, 2.45) is 7.05 Å². The number of aryl methyl sites for hydroxylation is 1. The maximum atomic E-state index is 11.9. The van der Waals surface area contributed by atoms with Crippen LogP contribution in [-0.2, 0) is 7.05 Å². The van der Waals surface area contributed by atoms with Crippen LogP contribution in [-0.4, -0.2) is 14.0 Å². The zero-order valence-electron chi connectivity index (χ0n) is 9.08. The standard InChI is InChI=1S/C12H8N4O/c1-15-9-4-2-3-5-10(9)16-11(17)6-8(7-13)14-12(15)16/h2-6H,1H3. The summed E-state index contributed by atoms with van der Waals surface area (Å²) < 4.78 is 3.31. The van der Waals surface area contributed by atoms with Gasteiger partial charge in [-0.05, 0) is 12.1 Å². The van der Waals surface area contributed by atoms with Gasteiger partial charge in [-0.3, -0.25) is 4.79 Å². The van der Waals surface area contributed by atoms with Gasteiger partial charge in [-0.1, -0.05) is 12.1 Å². The summed E-state index contributed by atoms with van der Waals surface area (Å²) in [6, 6.07) is 10.7. The fourth-order valence-corrected chi connectivity index (χ4v) is 2.02. The van der Waals surface area contributed by atoms with Crippen LogP contribution in [0.25, 0.3) is 16.8 Å². The van der Waals surface area contributed by atoms with Gasteiger partial charge in [-0.2, -0.15) is 5.26 Å². The molecule has 0 aliphatic rings. The molecule has 82 valence electrons. The maximum Gasteiger partial charge on any atom is 0.260 e. The number of para-hydroxylation sites is 2. The molecule has 3 rings (SSSR count). The van der Waals surface area contributed by atoms with Crippen LogP contribution in [0.15, 0.2) is 35.1 Å². The number of benzene rings is 1. The third kappa shape index (κ3) is 1.18. The Morgan fingerprint density at radius 3 is 2.71 bits per heavy atom. The fourth-order valence-electron chi connectivity index (χ4n) is 2.02. The average Bonchev–Trinajstić information content (AvgIpc) is 2.64. The molecule has 0 atom stereocenters. The lowest BCUT2D eigenvalue weighted by atomic mass is 10.3. The number of rotatable bonds is 0. The van der Waals surface area contributed by atoms with E-state index in [4.69, 9.17) is 5.26 Å². The minimum atomic E-state index is -0.233. The lowest BCUT2D eigenvalue weighted by Crippen LogP contribution is -2.14. The van der Waals surface area contributed by atoms with Gasteiger partial charge in [0.05, 0.1) is 11.0 Å². The van der Waals surface area contributed by atoms with E-state index in [2.05, 4.69) is 4.98 Å². The van der Waals surface area contributed by atoms with Crippen LogP contribution in [0.4, 0.5) is 0 Å². The molecule has 0 aliphatic carbocycles. The SMILES string of the molecule is Cn1c2ccccc2n2c(=O)cc(C#N)nc12. The first kappa shape index (κ1) is 9.60. The highest BCUT2D eigenvalue weighted by Gasteiger charge is 2.11. The van der Waals surface area contributed by atoms with Crippen LogP contribution >= 0.6 is 0 Å². The molecule has 1 aromatic carbocycles. The van der Waals surface area contributed by atoms with Gasteiger partial charge in [-0.25, -0.2) is 9.38 Å². The van der Waals surface area contributed by atoms with Gasteiger partial charge in [0.1, 0.15) is 11.8 Å². The smallest absolute Gasteiger partial charge is 0.260 e. The second-order valence-corrected chi connectivity index (χ2v) is 3.77. The summed E-state index contributed by atoms with van der Waals surface area (Å²) in [6.07, 6.45) is 0. The number of imidazole rings is 1. The van der Waals surface area contributed by atoms with Crippen molar-refractivity contribution in [2.45, 2.75) is 0 Å². The lowest BCUT2D eigenvalue weighted by Gasteiger charge is -1.95. The Morgan fingerprint density at radius 1 is 1.29 bits per heavy atom. The highest BCUT2D eigenvalue weighted by atomic mass is 16.1. The first-order valence-electron chi connectivity index (χ1n) is 5.09. The van der Waals surface area contributed by atoms with E-state index in [1.165, 1.54) is 10.5 Å². The molecule has 5 nitrogen and oxygen atoms in total. The van der Waals surface area contributed by atoms with Crippen molar-refractivity contribution < 1.29 is 0 Å². The van der Waals surface area contributed by atoms with Gasteiger partial charge in [0, 0.05) is 13.1 Å². The van der Waals surface area contributed by atoms with E-state index in [1.54, 1.807) is 4.57 Å². The molecule has 0 N–H and O–H groups in total. The minimum absolute atomic E-state index is 0.140. The Morgan fingerprint density at radius 2 is 2.00 bits per heavy atom. The van der Waals surface area contributed by atoms with Crippen molar-refractivity contribution in [1.82, 2.24) is 14.0 Å². The zero-order valence-corrected chi connectivity index (χ0v) is 9.08. The van der Waals surface area contributed by atoms with Crippen molar-refractivity contribution in [2.75, 3.05) is 0 Å². The van der Waals surface area contributed by atoms with Crippen molar-refractivity contribution in [3.8, 4) is 6.07 Å². The minimum Gasteiger partial charge on any atom is -0.313 e.